The average molecular weight is 271 g/mol. The molecule has 2 atom stereocenters. The van der Waals surface area contributed by atoms with Crippen LogP contribution in [0, 0.1) is 5.92 Å². The summed E-state index contributed by atoms with van der Waals surface area (Å²) in [5.74, 6) is 0.575. The highest BCUT2D eigenvalue weighted by Gasteiger charge is 2.46. The lowest BCUT2D eigenvalue weighted by atomic mass is 9.97. The van der Waals surface area contributed by atoms with Gasteiger partial charge in [0.15, 0.2) is 0 Å². The van der Waals surface area contributed by atoms with Crippen molar-refractivity contribution in [1.82, 2.24) is 5.32 Å². The van der Waals surface area contributed by atoms with Gasteiger partial charge in [-0.15, -0.1) is 0 Å². The minimum atomic E-state index is -0.522. The molecule has 0 aliphatic heterocycles. The van der Waals surface area contributed by atoms with E-state index < -0.39 is 5.54 Å². The maximum atomic E-state index is 12.0. The van der Waals surface area contributed by atoms with Crippen molar-refractivity contribution in [2.24, 2.45) is 5.92 Å². The van der Waals surface area contributed by atoms with Crippen LogP contribution in [0.25, 0.3) is 0 Å². The standard InChI is InChI=1S/C15H29NO3/c1-5-16-15(14(17)18-4)9-8-13(11-15)19-10-6-7-12(2)3/h12-13,16H,5-11H2,1-4H3. The zero-order chi connectivity index (χ0) is 14.3. The van der Waals surface area contributed by atoms with Crippen LogP contribution in [-0.2, 0) is 14.3 Å². The van der Waals surface area contributed by atoms with Gasteiger partial charge >= 0.3 is 5.97 Å². The zero-order valence-corrected chi connectivity index (χ0v) is 12.8. The summed E-state index contributed by atoms with van der Waals surface area (Å²) in [5, 5.41) is 3.29. The predicted molar refractivity (Wildman–Crippen MR) is 76.1 cm³/mol. The molecule has 1 saturated carbocycles. The molecule has 0 bridgehead atoms. The van der Waals surface area contributed by atoms with Crippen LogP contribution < -0.4 is 5.32 Å². The van der Waals surface area contributed by atoms with Crippen molar-refractivity contribution in [1.29, 1.82) is 0 Å². The van der Waals surface area contributed by atoms with Crippen LogP contribution in [-0.4, -0.2) is 37.9 Å². The smallest absolute Gasteiger partial charge is 0.326 e. The van der Waals surface area contributed by atoms with Gasteiger partial charge in [-0.2, -0.15) is 0 Å². The van der Waals surface area contributed by atoms with Gasteiger partial charge in [0.1, 0.15) is 5.54 Å². The fourth-order valence-electron chi connectivity index (χ4n) is 2.84. The molecule has 0 aromatic carbocycles. The molecule has 0 aromatic rings. The lowest BCUT2D eigenvalue weighted by molar-refractivity contribution is -0.148. The van der Waals surface area contributed by atoms with E-state index in [4.69, 9.17) is 9.47 Å². The Morgan fingerprint density at radius 2 is 2.21 bits per heavy atom. The number of carbonyl (C=O) groups is 1. The highest BCUT2D eigenvalue weighted by Crippen LogP contribution is 2.33. The number of hydrogen-bond acceptors (Lipinski definition) is 4. The monoisotopic (exact) mass is 271 g/mol. The van der Waals surface area contributed by atoms with E-state index in [1.165, 1.54) is 13.5 Å². The molecule has 0 aromatic heterocycles. The molecule has 112 valence electrons. The minimum absolute atomic E-state index is 0.150. The molecule has 2 unspecified atom stereocenters. The van der Waals surface area contributed by atoms with Gasteiger partial charge in [0.05, 0.1) is 13.2 Å². The third-order valence-electron chi connectivity index (χ3n) is 3.84. The van der Waals surface area contributed by atoms with Crippen LogP contribution in [0.3, 0.4) is 0 Å². The van der Waals surface area contributed by atoms with Crippen LogP contribution in [0.5, 0.6) is 0 Å². The molecule has 1 fully saturated rings. The number of rotatable bonds is 8. The quantitative estimate of drug-likeness (QED) is 0.544. The van der Waals surface area contributed by atoms with Gasteiger partial charge in [-0.3, -0.25) is 4.79 Å². The van der Waals surface area contributed by atoms with E-state index in [2.05, 4.69) is 19.2 Å². The van der Waals surface area contributed by atoms with E-state index in [9.17, 15) is 4.79 Å². The highest BCUT2D eigenvalue weighted by atomic mass is 16.5. The highest BCUT2D eigenvalue weighted by molar-refractivity contribution is 5.81. The molecule has 1 N–H and O–H groups in total. The second kappa shape index (κ2) is 7.85. The van der Waals surface area contributed by atoms with E-state index in [0.29, 0.717) is 0 Å². The van der Waals surface area contributed by atoms with Gasteiger partial charge in [-0.1, -0.05) is 20.8 Å². The molecule has 0 spiro atoms. The summed E-state index contributed by atoms with van der Waals surface area (Å²) >= 11 is 0. The fraction of sp³-hybridized carbons (Fsp3) is 0.933. The number of methoxy groups -OCH3 is 1. The van der Waals surface area contributed by atoms with Crippen LogP contribution in [0.2, 0.25) is 0 Å². The second-order valence-corrected chi connectivity index (χ2v) is 5.88. The topological polar surface area (TPSA) is 47.6 Å². The normalized spacial score (nSPS) is 26.9. The Morgan fingerprint density at radius 1 is 1.47 bits per heavy atom. The molecule has 1 aliphatic carbocycles. The summed E-state index contributed by atoms with van der Waals surface area (Å²) < 4.78 is 10.8. The number of likely N-dealkylation sites (N-methyl/N-ethyl adjacent to an activating group) is 1. The summed E-state index contributed by atoms with van der Waals surface area (Å²) in [7, 11) is 1.46. The number of ether oxygens (including phenoxy) is 2. The van der Waals surface area contributed by atoms with Gasteiger partial charge in [-0.05, 0) is 38.1 Å². The van der Waals surface area contributed by atoms with Gasteiger partial charge < -0.3 is 14.8 Å². The van der Waals surface area contributed by atoms with Crippen molar-refractivity contribution in [3.05, 3.63) is 0 Å². The Hall–Kier alpha value is -0.610. The van der Waals surface area contributed by atoms with Gasteiger partial charge in [0.25, 0.3) is 0 Å². The molecule has 1 aliphatic rings. The summed E-state index contributed by atoms with van der Waals surface area (Å²) in [6.45, 7) is 8.04. The third kappa shape index (κ3) is 4.77. The van der Waals surface area contributed by atoms with Crippen LogP contribution >= 0.6 is 0 Å². The van der Waals surface area contributed by atoms with Crippen molar-refractivity contribution in [3.63, 3.8) is 0 Å². The number of carbonyl (C=O) groups excluding carboxylic acids is 1. The molecule has 1 rings (SSSR count). The van der Waals surface area contributed by atoms with E-state index in [0.717, 1.165) is 44.8 Å². The number of nitrogens with one attached hydrogen (secondary N) is 1. The van der Waals surface area contributed by atoms with Crippen molar-refractivity contribution < 1.29 is 14.3 Å². The molecule has 0 radical (unpaired) electrons. The summed E-state index contributed by atoms with van der Waals surface area (Å²) in [6.07, 6.45) is 4.95. The first-order valence-electron chi connectivity index (χ1n) is 7.49. The van der Waals surface area contributed by atoms with Gasteiger partial charge in [0.2, 0.25) is 0 Å². The molecule has 4 nitrogen and oxygen atoms in total. The second-order valence-electron chi connectivity index (χ2n) is 5.88. The summed E-state index contributed by atoms with van der Waals surface area (Å²) in [5.41, 5.74) is -0.522. The molecule has 0 amide bonds. The first-order chi connectivity index (χ1) is 9.04. The minimum Gasteiger partial charge on any atom is -0.468 e. The summed E-state index contributed by atoms with van der Waals surface area (Å²) in [4.78, 5) is 12.0. The summed E-state index contributed by atoms with van der Waals surface area (Å²) in [6, 6.07) is 0. The van der Waals surface area contributed by atoms with E-state index in [1.807, 2.05) is 6.92 Å². The van der Waals surface area contributed by atoms with Crippen LogP contribution in [0.15, 0.2) is 0 Å². The predicted octanol–water partition coefficient (Wildman–Crippen LogP) is 2.51. The molecular weight excluding hydrogens is 242 g/mol. The van der Waals surface area contributed by atoms with Crippen molar-refractivity contribution in [3.8, 4) is 0 Å². The molecule has 0 heterocycles. The Kier molecular flexibility index (Phi) is 6.80. The van der Waals surface area contributed by atoms with Gasteiger partial charge in [-0.25, -0.2) is 0 Å². The van der Waals surface area contributed by atoms with Crippen molar-refractivity contribution in [2.75, 3.05) is 20.3 Å². The first-order valence-corrected chi connectivity index (χ1v) is 7.49. The lowest BCUT2D eigenvalue weighted by Gasteiger charge is -2.27. The average Bonchev–Trinajstić information content (AvgIpc) is 2.78. The Bertz CT molecular complexity index is 281. The Labute approximate surface area is 117 Å². The molecule has 0 saturated heterocycles. The Balaban J connectivity index is 2.39. The van der Waals surface area contributed by atoms with Gasteiger partial charge in [0, 0.05) is 13.0 Å². The lowest BCUT2D eigenvalue weighted by Crippen LogP contribution is -2.51. The molecule has 19 heavy (non-hydrogen) atoms. The first kappa shape index (κ1) is 16.4. The number of esters is 1. The maximum absolute atomic E-state index is 12.0. The fourth-order valence-corrected chi connectivity index (χ4v) is 2.84. The van der Waals surface area contributed by atoms with E-state index in [1.54, 1.807) is 0 Å². The maximum Gasteiger partial charge on any atom is 0.326 e. The zero-order valence-electron chi connectivity index (χ0n) is 12.8. The largest absolute Gasteiger partial charge is 0.468 e. The Morgan fingerprint density at radius 3 is 2.79 bits per heavy atom. The van der Waals surface area contributed by atoms with Crippen molar-refractivity contribution in [2.45, 2.75) is 64.5 Å². The van der Waals surface area contributed by atoms with Crippen LogP contribution in [0.1, 0.15) is 52.9 Å². The van der Waals surface area contributed by atoms with Crippen LogP contribution in [0.4, 0.5) is 0 Å². The SMILES string of the molecule is CCNC1(C(=O)OC)CCC(OCCCC(C)C)C1. The third-order valence-corrected chi connectivity index (χ3v) is 3.84. The number of hydrogen-bond donors (Lipinski definition) is 1. The molecular formula is C15H29NO3. The van der Waals surface area contributed by atoms with Crippen molar-refractivity contribution >= 4 is 5.97 Å². The molecule has 4 heteroatoms. The van der Waals surface area contributed by atoms with E-state index >= 15 is 0 Å². The van der Waals surface area contributed by atoms with E-state index in [-0.39, 0.29) is 12.1 Å².